The number of carbonyl (C=O) groups excluding carboxylic acids is 1. The topological polar surface area (TPSA) is 81.5 Å². The molecule has 1 N–H and O–H groups in total. The lowest BCUT2D eigenvalue weighted by atomic mass is 10.2. The SMILES string of the molecule is CCC(Nc1ccc([N+](=O)[O-])cc1Cl)C(=O)OC. The van der Waals surface area contributed by atoms with Crippen molar-refractivity contribution in [3.63, 3.8) is 0 Å². The lowest BCUT2D eigenvalue weighted by Crippen LogP contribution is -2.29. The average Bonchev–Trinajstić information content (AvgIpc) is 2.36. The van der Waals surface area contributed by atoms with Crippen molar-refractivity contribution in [2.24, 2.45) is 0 Å². The van der Waals surface area contributed by atoms with Crippen LogP contribution in [0.2, 0.25) is 5.02 Å². The number of rotatable bonds is 5. The van der Waals surface area contributed by atoms with E-state index in [9.17, 15) is 14.9 Å². The smallest absolute Gasteiger partial charge is 0.328 e. The molecule has 0 fully saturated rings. The van der Waals surface area contributed by atoms with Gasteiger partial charge in [0.15, 0.2) is 0 Å². The number of nitro benzene ring substituents is 1. The highest BCUT2D eigenvalue weighted by molar-refractivity contribution is 6.33. The third kappa shape index (κ3) is 3.33. The van der Waals surface area contributed by atoms with Gasteiger partial charge in [-0.25, -0.2) is 4.79 Å². The number of hydrogen-bond donors (Lipinski definition) is 1. The summed E-state index contributed by atoms with van der Waals surface area (Å²) in [5, 5.41) is 13.6. The van der Waals surface area contributed by atoms with Gasteiger partial charge in [0, 0.05) is 12.1 Å². The molecule has 0 aromatic heterocycles. The van der Waals surface area contributed by atoms with Gasteiger partial charge in [0.2, 0.25) is 0 Å². The van der Waals surface area contributed by atoms with Crippen LogP contribution >= 0.6 is 11.6 Å². The Morgan fingerprint density at radius 3 is 2.72 bits per heavy atom. The maximum Gasteiger partial charge on any atom is 0.328 e. The van der Waals surface area contributed by atoms with E-state index in [2.05, 4.69) is 10.1 Å². The zero-order valence-corrected chi connectivity index (χ0v) is 10.7. The van der Waals surface area contributed by atoms with Crippen molar-refractivity contribution in [1.82, 2.24) is 0 Å². The number of hydrogen-bond acceptors (Lipinski definition) is 5. The Labute approximate surface area is 109 Å². The highest BCUT2D eigenvalue weighted by Gasteiger charge is 2.18. The second kappa shape index (κ2) is 6.20. The molecule has 7 heteroatoms. The normalized spacial score (nSPS) is 11.7. The van der Waals surface area contributed by atoms with E-state index in [1.807, 2.05) is 6.92 Å². The van der Waals surface area contributed by atoms with Crippen LogP contribution in [0.5, 0.6) is 0 Å². The lowest BCUT2D eigenvalue weighted by molar-refractivity contribution is -0.384. The van der Waals surface area contributed by atoms with Crippen LogP contribution in [0.4, 0.5) is 11.4 Å². The number of methoxy groups -OCH3 is 1. The van der Waals surface area contributed by atoms with Gasteiger partial charge < -0.3 is 10.1 Å². The molecule has 0 amide bonds. The Balaban J connectivity index is 2.90. The summed E-state index contributed by atoms with van der Waals surface area (Å²) >= 11 is 5.90. The molecule has 0 radical (unpaired) electrons. The quantitative estimate of drug-likeness (QED) is 0.506. The van der Waals surface area contributed by atoms with E-state index in [0.717, 1.165) is 0 Å². The number of halogens is 1. The van der Waals surface area contributed by atoms with Gasteiger partial charge in [0.05, 0.1) is 22.7 Å². The van der Waals surface area contributed by atoms with Crippen molar-refractivity contribution in [3.05, 3.63) is 33.3 Å². The van der Waals surface area contributed by atoms with Crippen LogP contribution in [0.1, 0.15) is 13.3 Å². The molecule has 18 heavy (non-hydrogen) atoms. The number of carbonyl (C=O) groups is 1. The van der Waals surface area contributed by atoms with E-state index < -0.39 is 16.9 Å². The van der Waals surface area contributed by atoms with Crippen molar-refractivity contribution in [2.45, 2.75) is 19.4 Å². The minimum absolute atomic E-state index is 0.100. The Morgan fingerprint density at radius 1 is 1.61 bits per heavy atom. The number of esters is 1. The molecule has 0 spiro atoms. The number of nitrogens with zero attached hydrogens (tertiary/aromatic N) is 1. The number of non-ortho nitro benzene ring substituents is 1. The molecule has 1 aromatic carbocycles. The number of nitrogens with one attached hydrogen (secondary N) is 1. The van der Waals surface area contributed by atoms with Crippen molar-refractivity contribution < 1.29 is 14.5 Å². The molecule has 0 aliphatic carbocycles. The van der Waals surface area contributed by atoms with E-state index in [0.29, 0.717) is 12.1 Å². The fourth-order valence-corrected chi connectivity index (χ4v) is 1.62. The second-order valence-corrected chi connectivity index (χ2v) is 3.96. The fourth-order valence-electron chi connectivity index (χ4n) is 1.39. The van der Waals surface area contributed by atoms with E-state index in [1.54, 1.807) is 0 Å². The van der Waals surface area contributed by atoms with E-state index in [4.69, 9.17) is 11.6 Å². The zero-order valence-electron chi connectivity index (χ0n) is 9.97. The molecule has 6 nitrogen and oxygen atoms in total. The Kier molecular flexibility index (Phi) is 4.91. The predicted molar refractivity (Wildman–Crippen MR) is 67.8 cm³/mol. The Bertz CT molecular complexity index is 464. The summed E-state index contributed by atoms with van der Waals surface area (Å²) < 4.78 is 4.62. The number of ether oxygens (including phenoxy) is 1. The van der Waals surface area contributed by atoms with Gasteiger partial charge in [0.1, 0.15) is 6.04 Å². The van der Waals surface area contributed by atoms with Crippen molar-refractivity contribution in [2.75, 3.05) is 12.4 Å². The Morgan fingerprint density at radius 2 is 2.28 bits per heavy atom. The molecule has 0 aliphatic heterocycles. The first-order chi connectivity index (χ1) is 8.49. The van der Waals surface area contributed by atoms with Gasteiger partial charge in [-0.2, -0.15) is 0 Å². The third-order valence-electron chi connectivity index (χ3n) is 2.39. The zero-order chi connectivity index (χ0) is 13.7. The van der Waals surface area contributed by atoms with E-state index in [1.165, 1.54) is 25.3 Å². The molecule has 1 rings (SSSR count). The third-order valence-corrected chi connectivity index (χ3v) is 2.70. The van der Waals surface area contributed by atoms with E-state index >= 15 is 0 Å². The van der Waals surface area contributed by atoms with Gasteiger partial charge in [-0.3, -0.25) is 10.1 Å². The lowest BCUT2D eigenvalue weighted by Gasteiger charge is -2.16. The van der Waals surface area contributed by atoms with Gasteiger partial charge in [-0.15, -0.1) is 0 Å². The van der Waals surface area contributed by atoms with Crippen LogP contribution in [0, 0.1) is 10.1 Å². The summed E-state index contributed by atoms with van der Waals surface area (Å²) in [6.45, 7) is 1.81. The molecule has 0 saturated carbocycles. The predicted octanol–water partition coefficient (Wildman–Crippen LogP) is 2.61. The fraction of sp³-hybridized carbons (Fsp3) is 0.364. The molecule has 98 valence electrons. The first kappa shape index (κ1) is 14.2. The molecule has 0 saturated heterocycles. The molecule has 1 aromatic rings. The van der Waals surface area contributed by atoms with Crippen LogP contribution in [-0.2, 0) is 9.53 Å². The monoisotopic (exact) mass is 272 g/mol. The maximum atomic E-state index is 11.4. The Hall–Kier alpha value is -1.82. The molecule has 0 heterocycles. The van der Waals surface area contributed by atoms with Gasteiger partial charge in [-0.1, -0.05) is 18.5 Å². The highest BCUT2D eigenvalue weighted by atomic mass is 35.5. The minimum atomic E-state index is -0.534. The summed E-state index contributed by atoms with van der Waals surface area (Å²) in [5.41, 5.74) is 0.358. The average molecular weight is 273 g/mol. The van der Waals surface area contributed by atoms with Gasteiger partial charge >= 0.3 is 5.97 Å². The molecule has 1 unspecified atom stereocenters. The van der Waals surface area contributed by atoms with Crippen molar-refractivity contribution >= 4 is 28.9 Å². The maximum absolute atomic E-state index is 11.4. The number of anilines is 1. The second-order valence-electron chi connectivity index (χ2n) is 3.55. The van der Waals surface area contributed by atoms with Gasteiger partial charge in [0.25, 0.3) is 5.69 Å². The summed E-state index contributed by atoms with van der Waals surface area (Å²) in [6, 6.07) is 3.48. The van der Waals surface area contributed by atoms with Crippen LogP contribution in [0.25, 0.3) is 0 Å². The molecular weight excluding hydrogens is 260 g/mol. The standard InChI is InChI=1S/C11H13ClN2O4/c1-3-9(11(15)18-2)13-10-5-4-7(14(16)17)6-8(10)12/h4-6,9,13H,3H2,1-2H3. The van der Waals surface area contributed by atoms with Crippen LogP contribution in [0.15, 0.2) is 18.2 Å². The van der Waals surface area contributed by atoms with Crippen molar-refractivity contribution in [3.8, 4) is 0 Å². The number of benzene rings is 1. The molecule has 0 aliphatic rings. The molecular formula is C11H13ClN2O4. The van der Waals surface area contributed by atoms with Crippen LogP contribution < -0.4 is 5.32 Å². The molecule has 1 atom stereocenters. The largest absolute Gasteiger partial charge is 0.467 e. The highest BCUT2D eigenvalue weighted by Crippen LogP contribution is 2.27. The minimum Gasteiger partial charge on any atom is -0.467 e. The first-order valence-electron chi connectivity index (χ1n) is 5.27. The van der Waals surface area contributed by atoms with Crippen LogP contribution in [0.3, 0.4) is 0 Å². The van der Waals surface area contributed by atoms with E-state index in [-0.39, 0.29) is 10.7 Å². The van der Waals surface area contributed by atoms with Crippen LogP contribution in [-0.4, -0.2) is 24.0 Å². The van der Waals surface area contributed by atoms with Crippen molar-refractivity contribution in [1.29, 1.82) is 0 Å². The number of nitro groups is 1. The first-order valence-corrected chi connectivity index (χ1v) is 5.65. The van der Waals surface area contributed by atoms with Gasteiger partial charge in [-0.05, 0) is 12.5 Å². The summed E-state index contributed by atoms with van der Waals surface area (Å²) in [6.07, 6.45) is 0.514. The summed E-state index contributed by atoms with van der Waals surface area (Å²) in [7, 11) is 1.30. The molecule has 0 bridgehead atoms. The summed E-state index contributed by atoms with van der Waals surface area (Å²) in [4.78, 5) is 21.4. The summed E-state index contributed by atoms with van der Waals surface area (Å²) in [5.74, 6) is -0.410.